The highest BCUT2D eigenvalue weighted by molar-refractivity contribution is 9.10. The smallest absolute Gasteiger partial charge is 0.133 e. The van der Waals surface area contributed by atoms with Gasteiger partial charge in [-0.25, -0.2) is 0 Å². The molecule has 0 radical (unpaired) electrons. The second kappa shape index (κ2) is 7.27. The first kappa shape index (κ1) is 14.8. The van der Waals surface area contributed by atoms with Gasteiger partial charge in [-0.1, -0.05) is 13.0 Å². The molecule has 1 saturated heterocycles. The van der Waals surface area contributed by atoms with Gasteiger partial charge >= 0.3 is 0 Å². The van der Waals surface area contributed by atoms with Crippen LogP contribution in [0.2, 0.25) is 0 Å². The van der Waals surface area contributed by atoms with Crippen LogP contribution < -0.4 is 10.1 Å². The van der Waals surface area contributed by atoms with E-state index < -0.39 is 0 Å². The minimum Gasteiger partial charge on any atom is -0.496 e. The predicted octanol–water partition coefficient (Wildman–Crippen LogP) is 3.03. The number of hydrogen-bond acceptors (Lipinski definition) is 3. The Hall–Kier alpha value is -0.580. The summed E-state index contributed by atoms with van der Waals surface area (Å²) in [4.78, 5) is 2.57. The molecule has 4 heteroatoms. The second-order valence-corrected chi connectivity index (χ2v) is 5.88. The summed E-state index contributed by atoms with van der Waals surface area (Å²) in [5.74, 6) is 0.886. The summed E-state index contributed by atoms with van der Waals surface area (Å²) in [6.07, 6.45) is 2.67. The molecule has 1 aliphatic rings. The molecule has 1 aromatic carbocycles. The van der Waals surface area contributed by atoms with Crippen LogP contribution >= 0.6 is 15.9 Å². The molecule has 1 fully saturated rings. The largest absolute Gasteiger partial charge is 0.496 e. The molecule has 0 spiro atoms. The first-order valence-electron chi connectivity index (χ1n) is 7.01. The molecule has 0 aliphatic carbocycles. The number of nitrogens with one attached hydrogen (secondary N) is 1. The second-order valence-electron chi connectivity index (χ2n) is 5.02. The van der Waals surface area contributed by atoms with Crippen LogP contribution in [-0.2, 0) is 6.54 Å². The number of nitrogens with zero attached hydrogens (tertiary/aromatic N) is 1. The Labute approximate surface area is 124 Å². The number of halogens is 1. The molecule has 1 heterocycles. The Bertz CT molecular complexity index is 411. The van der Waals surface area contributed by atoms with Gasteiger partial charge in [0.2, 0.25) is 0 Å². The van der Waals surface area contributed by atoms with Crippen molar-refractivity contribution in [2.75, 3.05) is 26.7 Å². The maximum atomic E-state index is 5.24. The average molecular weight is 327 g/mol. The van der Waals surface area contributed by atoms with E-state index in [1.165, 1.54) is 31.5 Å². The van der Waals surface area contributed by atoms with Gasteiger partial charge < -0.3 is 10.1 Å². The van der Waals surface area contributed by atoms with Gasteiger partial charge in [-0.2, -0.15) is 0 Å². The quantitative estimate of drug-likeness (QED) is 0.869. The van der Waals surface area contributed by atoms with Crippen LogP contribution in [0.25, 0.3) is 0 Å². The topological polar surface area (TPSA) is 24.5 Å². The molecule has 1 N–H and O–H groups in total. The normalized spacial score (nSPS) is 19.8. The van der Waals surface area contributed by atoms with E-state index in [2.05, 4.69) is 45.2 Å². The summed E-state index contributed by atoms with van der Waals surface area (Å²) >= 11 is 3.53. The predicted molar refractivity (Wildman–Crippen MR) is 82.7 cm³/mol. The van der Waals surface area contributed by atoms with Crippen LogP contribution in [0.3, 0.4) is 0 Å². The fourth-order valence-corrected chi connectivity index (χ4v) is 3.33. The third-order valence-corrected chi connectivity index (χ3v) is 4.45. The van der Waals surface area contributed by atoms with Crippen LogP contribution in [0.1, 0.15) is 25.3 Å². The minimum absolute atomic E-state index is 0.715. The van der Waals surface area contributed by atoms with Gasteiger partial charge in [-0.15, -0.1) is 0 Å². The lowest BCUT2D eigenvalue weighted by Crippen LogP contribution is -2.37. The highest BCUT2D eigenvalue weighted by atomic mass is 79.9. The monoisotopic (exact) mass is 326 g/mol. The van der Waals surface area contributed by atoms with Crippen molar-refractivity contribution in [3.05, 3.63) is 28.2 Å². The third kappa shape index (κ3) is 3.94. The Kier molecular flexibility index (Phi) is 5.67. The first-order valence-corrected chi connectivity index (χ1v) is 7.81. The molecular weight excluding hydrogens is 304 g/mol. The molecular formula is C15H23BrN2O. The molecule has 19 heavy (non-hydrogen) atoms. The van der Waals surface area contributed by atoms with Crippen molar-refractivity contribution in [1.29, 1.82) is 0 Å². The maximum absolute atomic E-state index is 5.24. The molecule has 106 valence electrons. The van der Waals surface area contributed by atoms with Crippen molar-refractivity contribution < 1.29 is 4.74 Å². The van der Waals surface area contributed by atoms with Crippen LogP contribution in [0, 0.1) is 0 Å². The van der Waals surface area contributed by atoms with Crippen LogP contribution in [0.4, 0.5) is 0 Å². The molecule has 0 saturated carbocycles. The minimum atomic E-state index is 0.715. The SMILES string of the molecule is CCN1CCC[C@H]1CNCc1ccc(OC)c(Br)c1. The number of rotatable bonds is 6. The summed E-state index contributed by atoms with van der Waals surface area (Å²) in [7, 11) is 1.69. The number of ether oxygens (including phenoxy) is 1. The lowest BCUT2D eigenvalue weighted by Gasteiger charge is -2.23. The van der Waals surface area contributed by atoms with Gasteiger partial charge in [0.1, 0.15) is 5.75 Å². The van der Waals surface area contributed by atoms with E-state index in [0.717, 1.165) is 23.3 Å². The van der Waals surface area contributed by atoms with Gasteiger partial charge in [0.25, 0.3) is 0 Å². The van der Waals surface area contributed by atoms with Gasteiger partial charge in [0.05, 0.1) is 11.6 Å². The molecule has 0 bridgehead atoms. The zero-order chi connectivity index (χ0) is 13.7. The van der Waals surface area contributed by atoms with Crippen molar-refractivity contribution in [3.8, 4) is 5.75 Å². The van der Waals surface area contributed by atoms with Crippen molar-refractivity contribution in [2.24, 2.45) is 0 Å². The number of likely N-dealkylation sites (N-methyl/N-ethyl adjacent to an activating group) is 1. The van der Waals surface area contributed by atoms with E-state index in [0.29, 0.717) is 6.04 Å². The molecule has 2 rings (SSSR count). The Morgan fingerprint density at radius 2 is 2.32 bits per heavy atom. The van der Waals surface area contributed by atoms with Crippen molar-refractivity contribution in [1.82, 2.24) is 10.2 Å². The molecule has 0 unspecified atom stereocenters. The van der Waals surface area contributed by atoms with Crippen molar-refractivity contribution in [3.63, 3.8) is 0 Å². The number of methoxy groups -OCH3 is 1. The van der Waals surface area contributed by atoms with Gasteiger partial charge in [-0.3, -0.25) is 4.90 Å². The van der Waals surface area contributed by atoms with Crippen molar-refractivity contribution in [2.45, 2.75) is 32.4 Å². The van der Waals surface area contributed by atoms with E-state index in [4.69, 9.17) is 4.74 Å². The molecule has 1 atom stereocenters. The average Bonchev–Trinajstić information content (AvgIpc) is 2.86. The van der Waals surface area contributed by atoms with Crippen molar-refractivity contribution >= 4 is 15.9 Å². The lowest BCUT2D eigenvalue weighted by atomic mass is 10.2. The zero-order valence-electron chi connectivity index (χ0n) is 11.8. The van der Waals surface area contributed by atoms with Gasteiger partial charge in [-0.05, 0) is 59.6 Å². The molecule has 1 aromatic rings. The molecule has 1 aliphatic heterocycles. The Balaban J connectivity index is 1.81. The highest BCUT2D eigenvalue weighted by Crippen LogP contribution is 2.25. The van der Waals surface area contributed by atoms with E-state index in [-0.39, 0.29) is 0 Å². The van der Waals surface area contributed by atoms with Gasteiger partial charge in [0.15, 0.2) is 0 Å². The van der Waals surface area contributed by atoms with Gasteiger partial charge in [0, 0.05) is 19.1 Å². The van der Waals surface area contributed by atoms with E-state index in [1.54, 1.807) is 7.11 Å². The summed E-state index contributed by atoms with van der Waals surface area (Å²) < 4.78 is 6.26. The fourth-order valence-electron chi connectivity index (χ4n) is 2.75. The summed E-state index contributed by atoms with van der Waals surface area (Å²) in [5.41, 5.74) is 1.29. The van der Waals surface area contributed by atoms with E-state index >= 15 is 0 Å². The molecule has 3 nitrogen and oxygen atoms in total. The maximum Gasteiger partial charge on any atom is 0.133 e. The first-order chi connectivity index (χ1) is 9.24. The zero-order valence-corrected chi connectivity index (χ0v) is 13.4. The third-order valence-electron chi connectivity index (χ3n) is 3.83. The van der Waals surface area contributed by atoms with E-state index in [1.807, 2.05) is 6.07 Å². The Morgan fingerprint density at radius 3 is 3.00 bits per heavy atom. The Morgan fingerprint density at radius 1 is 1.47 bits per heavy atom. The highest BCUT2D eigenvalue weighted by Gasteiger charge is 2.21. The summed E-state index contributed by atoms with van der Waals surface area (Å²) in [5, 5.41) is 3.57. The lowest BCUT2D eigenvalue weighted by molar-refractivity contribution is 0.260. The van der Waals surface area contributed by atoms with Crippen LogP contribution in [0.5, 0.6) is 5.75 Å². The number of likely N-dealkylation sites (tertiary alicyclic amines) is 1. The fraction of sp³-hybridized carbons (Fsp3) is 0.600. The summed E-state index contributed by atoms with van der Waals surface area (Å²) in [6.45, 7) is 6.67. The summed E-state index contributed by atoms with van der Waals surface area (Å²) in [6, 6.07) is 6.96. The van der Waals surface area contributed by atoms with E-state index in [9.17, 15) is 0 Å². The molecule has 0 amide bonds. The van der Waals surface area contributed by atoms with Crippen LogP contribution in [0.15, 0.2) is 22.7 Å². The number of benzene rings is 1. The molecule has 0 aromatic heterocycles. The van der Waals surface area contributed by atoms with Crippen LogP contribution in [-0.4, -0.2) is 37.7 Å². The number of hydrogen-bond donors (Lipinski definition) is 1. The standard InChI is InChI=1S/C15H23BrN2O/c1-3-18-8-4-5-13(18)11-17-10-12-6-7-15(19-2)14(16)9-12/h6-7,9,13,17H,3-5,8,10-11H2,1-2H3/t13-/m0/s1.